The van der Waals surface area contributed by atoms with Crippen LogP contribution in [-0.4, -0.2) is 46.7 Å². The number of piperidine rings is 1. The third-order valence-corrected chi connectivity index (χ3v) is 4.49. The van der Waals surface area contributed by atoms with E-state index in [1.807, 2.05) is 6.07 Å². The van der Waals surface area contributed by atoms with Crippen molar-refractivity contribution in [2.24, 2.45) is 5.92 Å². The number of aliphatic hydroxyl groups is 1. The van der Waals surface area contributed by atoms with E-state index in [4.69, 9.17) is 6.11 Å². The molecule has 1 aromatic heterocycles. The summed E-state index contributed by atoms with van der Waals surface area (Å²) < 4.78 is 13.6. The van der Waals surface area contributed by atoms with Gasteiger partial charge >= 0.3 is 0 Å². The van der Waals surface area contributed by atoms with Crippen molar-refractivity contribution in [3.63, 3.8) is 0 Å². The first-order chi connectivity index (χ1) is 11.9. The molecule has 0 aliphatic carbocycles. The Labute approximate surface area is 144 Å². The molecule has 1 N–H and O–H groups in total. The van der Waals surface area contributed by atoms with Crippen LogP contribution in [0.3, 0.4) is 0 Å². The molecule has 1 atom stereocenters. The van der Waals surface area contributed by atoms with E-state index >= 15 is 0 Å². The number of rotatable bonds is 5. The lowest BCUT2D eigenvalue weighted by atomic mass is 9.98. The topological polar surface area (TPSA) is 58.5 Å². The van der Waals surface area contributed by atoms with Crippen LogP contribution in [0.1, 0.15) is 32.8 Å². The minimum Gasteiger partial charge on any atom is -0.490 e. The molecule has 1 aliphatic heterocycles. The fourth-order valence-electron chi connectivity index (χ4n) is 2.87. The van der Waals surface area contributed by atoms with Gasteiger partial charge < -0.3 is 14.7 Å². The van der Waals surface area contributed by atoms with Crippen molar-refractivity contribution in [2.45, 2.75) is 25.8 Å². The molecule has 0 radical (unpaired) electrons. The van der Waals surface area contributed by atoms with Crippen molar-refractivity contribution in [3.8, 4) is 17.1 Å². The van der Waals surface area contributed by atoms with Gasteiger partial charge in [-0.15, -0.1) is 0 Å². The standard InChI is InChI=1S/C19H25N3O2/c1-14(23)16-4-3-5-17(10-16)19-20-11-18(12-21-19)24-13-15-6-8-22(2)9-7-15/h3-5,10-12,14-15,23H,6-9,13H2,1-2H3/i14D. The van der Waals surface area contributed by atoms with E-state index in [-0.39, 0.29) is 0 Å². The van der Waals surface area contributed by atoms with Gasteiger partial charge in [0.1, 0.15) is 0 Å². The number of likely N-dealkylation sites (tertiary alicyclic amines) is 1. The number of hydrogen-bond acceptors (Lipinski definition) is 5. The van der Waals surface area contributed by atoms with E-state index in [0.717, 1.165) is 31.5 Å². The summed E-state index contributed by atoms with van der Waals surface area (Å²) in [7, 11) is 2.15. The molecular weight excluding hydrogens is 302 g/mol. The summed E-state index contributed by atoms with van der Waals surface area (Å²) in [4.78, 5) is 11.1. The molecule has 3 rings (SSSR count). The first-order valence-corrected chi connectivity index (χ1v) is 8.38. The van der Waals surface area contributed by atoms with Gasteiger partial charge in [-0.05, 0) is 57.5 Å². The smallest absolute Gasteiger partial charge is 0.159 e. The number of aromatic nitrogens is 2. The van der Waals surface area contributed by atoms with Gasteiger partial charge in [-0.25, -0.2) is 9.97 Å². The SMILES string of the molecule is [2H]C(C)(O)c1cccc(-c2ncc(OCC3CCN(C)CC3)cn2)c1. The largest absolute Gasteiger partial charge is 0.490 e. The highest BCUT2D eigenvalue weighted by atomic mass is 16.5. The van der Waals surface area contributed by atoms with Gasteiger partial charge in [-0.3, -0.25) is 0 Å². The van der Waals surface area contributed by atoms with Crippen molar-refractivity contribution in [1.82, 2.24) is 14.9 Å². The second-order valence-corrected chi connectivity index (χ2v) is 6.47. The minimum absolute atomic E-state index is 0.510. The summed E-state index contributed by atoms with van der Waals surface area (Å²) in [5, 5.41) is 9.82. The molecule has 0 saturated carbocycles. The molecule has 1 aliphatic rings. The van der Waals surface area contributed by atoms with Crippen molar-refractivity contribution in [1.29, 1.82) is 0 Å². The minimum atomic E-state index is -1.63. The van der Waals surface area contributed by atoms with Crippen LogP contribution in [0.15, 0.2) is 36.7 Å². The number of benzene rings is 1. The van der Waals surface area contributed by atoms with Crippen LogP contribution in [0, 0.1) is 5.92 Å². The molecule has 24 heavy (non-hydrogen) atoms. The maximum Gasteiger partial charge on any atom is 0.159 e. The van der Waals surface area contributed by atoms with Gasteiger partial charge in [0.25, 0.3) is 0 Å². The normalized spacial score (nSPS) is 19.5. The third-order valence-electron chi connectivity index (χ3n) is 4.49. The second-order valence-electron chi connectivity index (χ2n) is 6.47. The van der Waals surface area contributed by atoms with Crippen LogP contribution in [0.2, 0.25) is 0 Å². The zero-order valence-electron chi connectivity index (χ0n) is 15.3. The van der Waals surface area contributed by atoms with E-state index in [1.165, 1.54) is 6.92 Å². The number of nitrogens with zero attached hydrogens (tertiary/aromatic N) is 3. The van der Waals surface area contributed by atoms with Gasteiger partial charge in [0.05, 0.1) is 26.5 Å². The molecule has 5 nitrogen and oxygen atoms in total. The Hall–Kier alpha value is -1.98. The lowest BCUT2D eigenvalue weighted by molar-refractivity contribution is 0.159. The molecule has 1 unspecified atom stereocenters. The van der Waals surface area contributed by atoms with Gasteiger partial charge in [-0.1, -0.05) is 18.2 Å². The van der Waals surface area contributed by atoms with Gasteiger partial charge in [0, 0.05) is 5.56 Å². The van der Waals surface area contributed by atoms with Gasteiger partial charge in [-0.2, -0.15) is 0 Å². The summed E-state index contributed by atoms with van der Waals surface area (Å²) in [6.07, 6.45) is 4.06. The monoisotopic (exact) mass is 328 g/mol. The molecule has 0 bridgehead atoms. The predicted molar refractivity (Wildman–Crippen MR) is 93.8 cm³/mol. The average molecular weight is 328 g/mol. The molecule has 2 heterocycles. The van der Waals surface area contributed by atoms with Crippen molar-refractivity contribution in [2.75, 3.05) is 26.7 Å². The van der Waals surface area contributed by atoms with Gasteiger partial charge in [0.2, 0.25) is 0 Å². The fourth-order valence-corrected chi connectivity index (χ4v) is 2.87. The Balaban J connectivity index is 1.62. The zero-order chi connectivity index (χ0) is 17.9. The average Bonchev–Trinajstić information content (AvgIpc) is 2.61. The Morgan fingerprint density at radius 2 is 2.04 bits per heavy atom. The second kappa shape index (κ2) is 7.73. The number of hydrogen-bond donors (Lipinski definition) is 1. The van der Waals surface area contributed by atoms with Gasteiger partial charge in [0.15, 0.2) is 11.6 Å². The zero-order valence-corrected chi connectivity index (χ0v) is 14.3. The van der Waals surface area contributed by atoms with E-state index in [0.29, 0.717) is 29.7 Å². The van der Waals surface area contributed by atoms with Crippen LogP contribution >= 0.6 is 0 Å². The van der Waals surface area contributed by atoms with Crippen LogP contribution in [0.4, 0.5) is 0 Å². The van der Waals surface area contributed by atoms with Crippen LogP contribution < -0.4 is 4.74 Å². The van der Waals surface area contributed by atoms with Crippen molar-refractivity contribution < 1.29 is 11.2 Å². The van der Waals surface area contributed by atoms with E-state index in [1.54, 1.807) is 30.6 Å². The highest BCUT2D eigenvalue weighted by Crippen LogP contribution is 2.22. The molecular formula is C19H25N3O2. The summed E-state index contributed by atoms with van der Waals surface area (Å²) in [6, 6.07) is 7.11. The van der Waals surface area contributed by atoms with Crippen LogP contribution in [-0.2, 0) is 0 Å². The maximum absolute atomic E-state index is 9.82. The summed E-state index contributed by atoms with van der Waals surface area (Å²) >= 11 is 0. The summed E-state index contributed by atoms with van der Waals surface area (Å²) in [6.45, 7) is 4.39. The predicted octanol–water partition coefficient (Wildman–Crippen LogP) is 2.92. The molecule has 1 saturated heterocycles. The Kier molecular flexibility index (Phi) is 5.00. The van der Waals surface area contributed by atoms with Crippen LogP contribution in [0.5, 0.6) is 5.75 Å². The molecule has 0 amide bonds. The fraction of sp³-hybridized carbons (Fsp3) is 0.474. The van der Waals surface area contributed by atoms with E-state index in [2.05, 4.69) is 21.9 Å². The Bertz CT molecular complexity index is 693. The Morgan fingerprint density at radius 3 is 2.71 bits per heavy atom. The maximum atomic E-state index is 9.82. The summed E-state index contributed by atoms with van der Waals surface area (Å²) in [5.41, 5.74) is 1.28. The van der Waals surface area contributed by atoms with Crippen molar-refractivity contribution >= 4 is 0 Å². The van der Waals surface area contributed by atoms with Crippen molar-refractivity contribution in [3.05, 3.63) is 42.2 Å². The molecule has 1 fully saturated rings. The highest BCUT2D eigenvalue weighted by molar-refractivity contribution is 5.56. The Morgan fingerprint density at radius 1 is 1.33 bits per heavy atom. The molecule has 5 heteroatoms. The highest BCUT2D eigenvalue weighted by Gasteiger charge is 2.17. The van der Waals surface area contributed by atoms with E-state index < -0.39 is 6.08 Å². The van der Waals surface area contributed by atoms with Crippen LogP contribution in [0.25, 0.3) is 11.4 Å². The lowest BCUT2D eigenvalue weighted by Gasteiger charge is -2.28. The molecule has 2 aromatic rings. The quantitative estimate of drug-likeness (QED) is 0.914. The third kappa shape index (κ3) is 4.30. The molecule has 0 spiro atoms. The summed E-state index contributed by atoms with van der Waals surface area (Å²) in [5.74, 6) is 1.82. The lowest BCUT2D eigenvalue weighted by Crippen LogP contribution is -2.32. The molecule has 128 valence electrons. The van der Waals surface area contributed by atoms with E-state index in [9.17, 15) is 5.11 Å². The number of ether oxygens (including phenoxy) is 1. The first-order valence-electron chi connectivity index (χ1n) is 8.88. The first kappa shape index (κ1) is 15.5. The molecule has 1 aromatic carbocycles.